The summed E-state index contributed by atoms with van der Waals surface area (Å²) < 4.78 is 23.5. The molecular formula is C18H17ClFNO4. The van der Waals surface area contributed by atoms with Crippen molar-refractivity contribution in [3.05, 3.63) is 58.9 Å². The zero-order valence-electron chi connectivity index (χ0n) is 13.6. The lowest BCUT2D eigenvalue weighted by Gasteiger charge is -2.09. The molecule has 2 rings (SSSR count). The lowest BCUT2D eigenvalue weighted by Crippen LogP contribution is -2.24. The highest BCUT2D eigenvalue weighted by Gasteiger charge is 2.11. The van der Waals surface area contributed by atoms with Gasteiger partial charge in [0.1, 0.15) is 11.6 Å². The van der Waals surface area contributed by atoms with Crippen LogP contribution in [0.5, 0.6) is 5.75 Å². The molecule has 132 valence electrons. The van der Waals surface area contributed by atoms with Crippen molar-refractivity contribution in [2.75, 3.05) is 18.5 Å². The summed E-state index contributed by atoms with van der Waals surface area (Å²) in [5.74, 6) is -1.49. The van der Waals surface area contributed by atoms with Crippen LogP contribution < -0.4 is 10.1 Å². The maximum absolute atomic E-state index is 13.5. The van der Waals surface area contributed by atoms with Gasteiger partial charge in [0, 0.05) is 5.02 Å². The first-order valence-electron chi connectivity index (χ1n) is 7.60. The van der Waals surface area contributed by atoms with Crippen LogP contribution in [0.2, 0.25) is 5.02 Å². The first-order valence-corrected chi connectivity index (χ1v) is 7.98. The standard InChI is InChI=1S/C18H17ClFNO4/c1-2-12-3-6-14(7-4-12)24-11-18(23)25-10-17(22)21-16-9-13(19)5-8-15(16)20/h3-9H,2,10-11H2,1H3,(H,21,22). The quantitative estimate of drug-likeness (QED) is 0.761. The van der Waals surface area contributed by atoms with Gasteiger partial charge in [0.15, 0.2) is 13.2 Å². The number of carbonyl (C=O) groups excluding carboxylic acids is 2. The van der Waals surface area contributed by atoms with Gasteiger partial charge in [-0.3, -0.25) is 4.79 Å². The van der Waals surface area contributed by atoms with Crippen LogP contribution in [0.1, 0.15) is 12.5 Å². The Kier molecular flexibility index (Phi) is 6.77. The number of benzene rings is 2. The molecule has 2 aromatic rings. The van der Waals surface area contributed by atoms with Crippen molar-refractivity contribution in [2.45, 2.75) is 13.3 Å². The van der Waals surface area contributed by atoms with Crippen LogP contribution >= 0.6 is 11.6 Å². The molecule has 1 amide bonds. The van der Waals surface area contributed by atoms with Crippen molar-refractivity contribution >= 4 is 29.2 Å². The molecule has 0 saturated heterocycles. The number of ether oxygens (including phenoxy) is 2. The van der Waals surface area contributed by atoms with E-state index in [4.69, 9.17) is 21.1 Å². The van der Waals surface area contributed by atoms with E-state index < -0.39 is 24.3 Å². The second-order valence-corrected chi connectivity index (χ2v) is 5.56. The fourth-order valence-electron chi connectivity index (χ4n) is 1.93. The SMILES string of the molecule is CCc1ccc(OCC(=O)OCC(=O)Nc2cc(Cl)ccc2F)cc1. The molecule has 1 N–H and O–H groups in total. The van der Waals surface area contributed by atoms with Crippen LogP contribution in [0.3, 0.4) is 0 Å². The van der Waals surface area contributed by atoms with Crippen LogP contribution in [0.25, 0.3) is 0 Å². The van der Waals surface area contributed by atoms with E-state index in [2.05, 4.69) is 5.32 Å². The first-order chi connectivity index (χ1) is 12.0. The molecule has 0 aliphatic rings. The summed E-state index contributed by atoms with van der Waals surface area (Å²) >= 11 is 5.73. The smallest absolute Gasteiger partial charge is 0.344 e. The Morgan fingerprint density at radius 3 is 2.52 bits per heavy atom. The Balaban J connectivity index is 1.75. The molecule has 0 heterocycles. The summed E-state index contributed by atoms with van der Waals surface area (Å²) in [4.78, 5) is 23.3. The Bertz CT molecular complexity index is 749. The predicted molar refractivity (Wildman–Crippen MR) is 92.3 cm³/mol. The van der Waals surface area contributed by atoms with Crippen LogP contribution in [-0.4, -0.2) is 25.1 Å². The number of anilines is 1. The van der Waals surface area contributed by atoms with Gasteiger partial charge >= 0.3 is 5.97 Å². The summed E-state index contributed by atoms with van der Waals surface area (Å²) in [6, 6.07) is 11.0. The topological polar surface area (TPSA) is 64.6 Å². The second kappa shape index (κ2) is 9.03. The van der Waals surface area contributed by atoms with Crippen molar-refractivity contribution in [3.8, 4) is 5.75 Å². The van der Waals surface area contributed by atoms with Crippen LogP contribution in [0.4, 0.5) is 10.1 Å². The van der Waals surface area contributed by atoms with Gasteiger partial charge in [-0.2, -0.15) is 0 Å². The Morgan fingerprint density at radius 1 is 1.12 bits per heavy atom. The Hall–Kier alpha value is -2.60. The number of halogens is 2. The summed E-state index contributed by atoms with van der Waals surface area (Å²) in [6.45, 7) is 1.15. The van der Waals surface area contributed by atoms with Gasteiger partial charge < -0.3 is 14.8 Å². The molecule has 5 nitrogen and oxygen atoms in total. The van der Waals surface area contributed by atoms with Crippen LogP contribution in [-0.2, 0) is 20.7 Å². The van der Waals surface area contributed by atoms with Gasteiger partial charge in [0.25, 0.3) is 5.91 Å². The van der Waals surface area contributed by atoms with E-state index in [9.17, 15) is 14.0 Å². The van der Waals surface area contributed by atoms with Gasteiger partial charge in [-0.05, 0) is 42.3 Å². The van der Waals surface area contributed by atoms with Crippen LogP contribution in [0, 0.1) is 5.82 Å². The Labute approximate surface area is 149 Å². The highest BCUT2D eigenvalue weighted by atomic mass is 35.5. The highest BCUT2D eigenvalue weighted by Crippen LogP contribution is 2.19. The van der Waals surface area contributed by atoms with Crippen molar-refractivity contribution in [1.29, 1.82) is 0 Å². The van der Waals surface area contributed by atoms with Gasteiger partial charge in [0.2, 0.25) is 0 Å². The molecule has 0 aliphatic heterocycles. The molecule has 0 unspecified atom stereocenters. The summed E-state index contributed by atoms with van der Waals surface area (Å²) in [6.07, 6.45) is 0.907. The number of hydrogen-bond acceptors (Lipinski definition) is 4. The second-order valence-electron chi connectivity index (χ2n) is 5.12. The number of rotatable bonds is 7. The van der Waals surface area contributed by atoms with Gasteiger partial charge in [-0.15, -0.1) is 0 Å². The van der Waals surface area contributed by atoms with E-state index >= 15 is 0 Å². The fourth-order valence-corrected chi connectivity index (χ4v) is 2.10. The average Bonchev–Trinajstić information content (AvgIpc) is 2.61. The molecule has 0 fully saturated rings. The van der Waals surface area contributed by atoms with E-state index in [-0.39, 0.29) is 17.3 Å². The minimum atomic E-state index is -0.707. The first kappa shape index (κ1) is 18.7. The normalized spacial score (nSPS) is 10.2. The number of aryl methyl sites for hydroxylation is 1. The van der Waals surface area contributed by atoms with E-state index in [0.717, 1.165) is 18.1 Å². The highest BCUT2D eigenvalue weighted by molar-refractivity contribution is 6.30. The number of amides is 1. The molecule has 0 aliphatic carbocycles. The molecule has 25 heavy (non-hydrogen) atoms. The molecule has 0 radical (unpaired) electrons. The lowest BCUT2D eigenvalue weighted by molar-refractivity contribution is -0.149. The van der Waals surface area contributed by atoms with E-state index in [1.165, 1.54) is 12.1 Å². The van der Waals surface area contributed by atoms with E-state index in [1.54, 1.807) is 12.1 Å². The van der Waals surface area contributed by atoms with Crippen molar-refractivity contribution in [2.24, 2.45) is 0 Å². The molecule has 0 atom stereocenters. The molecular weight excluding hydrogens is 349 g/mol. The minimum absolute atomic E-state index is 0.0826. The summed E-state index contributed by atoms with van der Waals surface area (Å²) in [5, 5.41) is 2.55. The van der Waals surface area contributed by atoms with Gasteiger partial charge in [-0.1, -0.05) is 30.7 Å². The molecule has 0 spiro atoms. The van der Waals surface area contributed by atoms with E-state index in [1.807, 2.05) is 19.1 Å². The number of carbonyl (C=O) groups is 2. The zero-order valence-corrected chi connectivity index (χ0v) is 14.3. The zero-order chi connectivity index (χ0) is 18.2. The third kappa shape index (κ3) is 6.08. The van der Waals surface area contributed by atoms with Crippen LogP contribution in [0.15, 0.2) is 42.5 Å². The maximum Gasteiger partial charge on any atom is 0.344 e. The average molecular weight is 366 g/mol. The van der Waals surface area contributed by atoms with Crippen molar-refractivity contribution < 1.29 is 23.5 Å². The number of hydrogen-bond donors (Lipinski definition) is 1. The molecule has 2 aromatic carbocycles. The largest absolute Gasteiger partial charge is 0.482 e. The van der Waals surface area contributed by atoms with Gasteiger partial charge in [0.05, 0.1) is 5.69 Å². The molecule has 7 heteroatoms. The minimum Gasteiger partial charge on any atom is -0.482 e. The number of nitrogens with one attached hydrogen (secondary N) is 1. The number of esters is 1. The van der Waals surface area contributed by atoms with Crippen molar-refractivity contribution in [3.63, 3.8) is 0 Å². The van der Waals surface area contributed by atoms with E-state index in [0.29, 0.717) is 5.75 Å². The monoisotopic (exact) mass is 365 g/mol. The molecule has 0 saturated carbocycles. The van der Waals surface area contributed by atoms with Crippen molar-refractivity contribution in [1.82, 2.24) is 0 Å². The summed E-state index contributed by atoms with van der Waals surface area (Å²) in [5.41, 5.74) is 1.07. The fraction of sp³-hybridized carbons (Fsp3) is 0.222. The lowest BCUT2D eigenvalue weighted by atomic mass is 10.2. The predicted octanol–water partition coefficient (Wildman–Crippen LogP) is 3.60. The van der Waals surface area contributed by atoms with Gasteiger partial charge in [-0.25, -0.2) is 9.18 Å². The maximum atomic E-state index is 13.5. The summed E-state index contributed by atoms with van der Waals surface area (Å²) in [7, 11) is 0. The Morgan fingerprint density at radius 2 is 1.84 bits per heavy atom. The third-order valence-corrected chi connectivity index (χ3v) is 3.49. The third-order valence-electron chi connectivity index (χ3n) is 3.26. The molecule has 0 aromatic heterocycles. The molecule has 0 bridgehead atoms.